The van der Waals surface area contributed by atoms with Crippen LogP contribution in [0.2, 0.25) is 0 Å². The molecule has 5 atom stereocenters. The first-order valence-corrected chi connectivity index (χ1v) is 14.2. The Morgan fingerprint density at radius 3 is 2.26 bits per heavy atom. The molecule has 5 unspecified atom stereocenters. The molecule has 3 fully saturated rings. The van der Waals surface area contributed by atoms with Crippen molar-refractivity contribution in [1.29, 1.82) is 0 Å². The van der Waals surface area contributed by atoms with Crippen molar-refractivity contribution in [3.8, 4) is 0 Å². The molecule has 0 bridgehead atoms. The van der Waals surface area contributed by atoms with Gasteiger partial charge in [0.05, 0.1) is 18.6 Å². The Hall–Kier alpha value is -2.94. The third kappa shape index (κ3) is 5.72. The number of hydrogen-bond donors (Lipinski definition) is 2. The van der Waals surface area contributed by atoms with Gasteiger partial charge in [-0.1, -0.05) is 34.1 Å². The van der Waals surface area contributed by atoms with Gasteiger partial charge in [0.1, 0.15) is 12.1 Å². The van der Waals surface area contributed by atoms with Crippen LogP contribution in [0.25, 0.3) is 0 Å². The van der Waals surface area contributed by atoms with Crippen molar-refractivity contribution >= 4 is 29.2 Å². The minimum Gasteiger partial charge on any atom is -0.372 e. The number of nitrogens with two attached hydrogens (primary N) is 1. The van der Waals surface area contributed by atoms with Crippen LogP contribution in [-0.2, 0) is 14.4 Å². The number of benzene rings is 1. The molecule has 3 saturated heterocycles. The maximum absolute atomic E-state index is 13.8. The molecule has 0 aliphatic carbocycles. The van der Waals surface area contributed by atoms with Crippen molar-refractivity contribution in [2.75, 3.05) is 31.1 Å². The van der Waals surface area contributed by atoms with Gasteiger partial charge in [-0.05, 0) is 61.8 Å². The van der Waals surface area contributed by atoms with Gasteiger partial charge in [0, 0.05) is 30.9 Å². The third-order valence-electron chi connectivity index (χ3n) is 8.44. The zero-order chi connectivity index (χ0) is 27.6. The lowest BCUT2D eigenvalue weighted by Gasteiger charge is -2.30. The van der Waals surface area contributed by atoms with Crippen LogP contribution in [0.15, 0.2) is 24.3 Å². The highest BCUT2D eigenvalue weighted by Gasteiger charge is 2.52. The van der Waals surface area contributed by atoms with Crippen LogP contribution in [0.4, 0.5) is 5.69 Å². The maximum Gasteiger partial charge on any atom is 0.251 e. The van der Waals surface area contributed by atoms with E-state index in [9.17, 15) is 19.2 Å². The second-order valence-corrected chi connectivity index (χ2v) is 11.6. The molecule has 1 aromatic carbocycles. The Kier molecular flexibility index (Phi) is 8.75. The number of amides is 3. The van der Waals surface area contributed by atoms with Crippen LogP contribution in [0.3, 0.4) is 0 Å². The van der Waals surface area contributed by atoms with Crippen molar-refractivity contribution in [3.05, 3.63) is 29.8 Å². The van der Waals surface area contributed by atoms with Gasteiger partial charge >= 0.3 is 0 Å². The van der Waals surface area contributed by atoms with E-state index in [1.165, 1.54) is 12.8 Å². The fraction of sp³-hybridized carbons (Fsp3) is 0.655. The van der Waals surface area contributed by atoms with Gasteiger partial charge < -0.3 is 25.8 Å². The fourth-order valence-electron chi connectivity index (χ4n) is 5.98. The quantitative estimate of drug-likeness (QED) is 0.511. The molecule has 9 nitrogen and oxygen atoms in total. The monoisotopic (exact) mass is 525 g/mol. The minimum atomic E-state index is -0.751. The number of Topliss-reactive ketones (excluding diaryl/α,β-unsaturated/α-hetero) is 1. The first kappa shape index (κ1) is 28.1. The average Bonchev–Trinajstić information content (AvgIpc) is 3.65. The predicted octanol–water partition coefficient (Wildman–Crippen LogP) is 2.19. The Morgan fingerprint density at radius 1 is 1.00 bits per heavy atom. The maximum atomic E-state index is 13.8. The molecule has 208 valence electrons. The molecular formula is C29H43N5O4. The number of anilines is 1. The van der Waals surface area contributed by atoms with E-state index in [0.29, 0.717) is 24.9 Å². The van der Waals surface area contributed by atoms with Gasteiger partial charge in [0.2, 0.25) is 11.8 Å². The molecule has 3 N–H and O–H groups in total. The van der Waals surface area contributed by atoms with Crippen LogP contribution >= 0.6 is 0 Å². The summed E-state index contributed by atoms with van der Waals surface area (Å²) in [7, 11) is 0. The second-order valence-electron chi connectivity index (χ2n) is 11.6. The molecule has 4 rings (SSSR count). The van der Waals surface area contributed by atoms with E-state index < -0.39 is 18.1 Å². The van der Waals surface area contributed by atoms with Crippen molar-refractivity contribution in [1.82, 2.24) is 15.1 Å². The smallest absolute Gasteiger partial charge is 0.251 e. The summed E-state index contributed by atoms with van der Waals surface area (Å²) in [4.78, 5) is 58.5. The molecule has 3 heterocycles. The number of carbonyl (C=O) groups excluding carboxylic acids is 4. The number of likely N-dealkylation sites (tertiary alicyclic amines) is 2. The molecule has 0 radical (unpaired) electrons. The number of carbonyl (C=O) groups is 4. The number of ketones is 1. The summed E-state index contributed by atoms with van der Waals surface area (Å²) in [5.41, 5.74) is 7.80. The first-order chi connectivity index (χ1) is 18.1. The average molecular weight is 526 g/mol. The van der Waals surface area contributed by atoms with E-state index >= 15 is 0 Å². The minimum absolute atomic E-state index is 0.00541. The summed E-state index contributed by atoms with van der Waals surface area (Å²) in [5.74, 6) is -0.766. The second kappa shape index (κ2) is 11.8. The van der Waals surface area contributed by atoms with Gasteiger partial charge in [0.15, 0.2) is 5.78 Å². The number of nitrogens with zero attached hydrogens (tertiary/aromatic N) is 3. The van der Waals surface area contributed by atoms with Crippen LogP contribution in [0.5, 0.6) is 0 Å². The van der Waals surface area contributed by atoms with Crippen LogP contribution < -0.4 is 16.0 Å². The molecule has 0 aromatic heterocycles. The molecule has 3 aliphatic rings. The first-order valence-electron chi connectivity index (χ1n) is 14.2. The standard InChI is InChI=1S/C29H43N5O4/c1-5-19(4)25(30)29(38)34-17-24(35)26-23(34)12-15-33(26)28(37)22(16-18(2)3)31-27(36)20-8-10-21(11-9-20)32-13-6-7-14-32/h8-11,18-19,22-23,25-26H,5-7,12-17,30H2,1-4H3,(H,31,36). The molecule has 3 amide bonds. The number of fused-ring (bicyclic) bond motifs is 1. The highest BCUT2D eigenvalue weighted by atomic mass is 16.2. The van der Waals surface area contributed by atoms with Gasteiger partial charge in [-0.15, -0.1) is 0 Å². The fourth-order valence-corrected chi connectivity index (χ4v) is 5.98. The molecule has 1 aromatic rings. The van der Waals surface area contributed by atoms with Gasteiger partial charge in [-0.2, -0.15) is 0 Å². The molecule has 3 aliphatic heterocycles. The summed E-state index contributed by atoms with van der Waals surface area (Å²) in [6.07, 6.45) is 4.11. The normalized spacial score (nSPS) is 23.5. The largest absolute Gasteiger partial charge is 0.372 e. The van der Waals surface area contributed by atoms with E-state index in [1.54, 1.807) is 21.9 Å². The van der Waals surface area contributed by atoms with Crippen molar-refractivity contribution in [2.24, 2.45) is 17.6 Å². The molecular weight excluding hydrogens is 482 g/mol. The summed E-state index contributed by atoms with van der Waals surface area (Å²) in [6, 6.07) is 5.06. The predicted molar refractivity (Wildman–Crippen MR) is 147 cm³/mol. The van der Waals surface area contributed by atoms with Crippen LogP contribution in [-0.4, -0.2) is 83.7 Å². The number of hydrogen-bond acceptors (Lipinski definition) is 6. The Bertz CT molecular complexity index is 1040. The lowest BCUT2D eigenvalue weighted by atomic mass is 9.98. The molecule has 0 spiro atoms. The lowest BCUT2D eigenvalue weighted by Crippen LogP contribution is -2.53. The highest BCUT2D eigenvalue weighted by Crippen LogP contribution is 2.32. The summed E-state index contributed by atoms with van der Waals surface area (Å²) in [6.45, 7) is 10.3. The lowest BCUT2D eigenvalue weighted by molar-refractivity contribution is -0.138. The summed E-state index contributed by atoms with van der Waals surface area (Å²) < 4.78 is 0. The van der Waals surface area contributed by atoms with Crippen molar-refractivity contribution in [3.63, 3.8) is 0 Å². The van der Waals surface area contributed by atoms with Gasteiger partial charge in [-0.25, -0.2) is 0 Å². The van der Waals surface area contributed by atoms with Crippen LogP contribution in [0.1, 0.15) is 70.2 Å². The topological polar surface area (TPSA) is 116 Å². The number of nitrogens with one attached hydrogen (secondary N) is 1. The Morgan fingerprint density at radius 2 is 1.66 bits per heavy atom. The zero-order valence-electron chi connectivity index (χ0n) is 23.2. The molecule has 0 saturated carbocycles. The summed E-state index contributed by atoms with van der Waals surface area (Å²) >= 11 is 0. The Balaban J connectivity index is 1.45. The van der Waals surface area contributed by atoms with Crippen LogP contribution in [0, 0.1) is 11.8 Å². The van der Waals surface area contributed by atoms with E-state index in [0.717, 1.165) is 25.2 Å². The van der Waals surface area contributed by atoms with Gasteiger partial charge in [-0.3, -0.25) is 19.2 Å². The summed E-state index contributed by atoms with van der Waals surface area (Å²) in [5, 5.41) is 2.94. The van der Waals surface area contributed by atoms with E-state index in [1.807, 2.05) is 39.8 Å². The highest BCUT2D eigenvalue weighted by molar-refractivity contribution is 6.01. The van der Waals surface area contributed by atoms with E-state index in [2.05, 4.69) is 10.2 Å². The van der Waals surface area contributed by atoms with Gasteiger partial charge in [0.25, 0.3) is 5.91 Å². The van der Waals surface area contributed by atoms with E-state index in [-0.39, 0.29) is 47.9 Å². The Labute approximate surface area is 226 Å². The molecule has 9 heteroatoms. The molecule has 38 heavy (non-hydrogen) atoms. The van der Waals surface area contributed by atoms with E-state index in [4.69, 9.17) is 5.73 Å². The van der Waals surface area contributed by atoms with Crippen molar-refractivity contribution < 1.29 is 19.2 Å². The number of rotatable bonds is 9. The van der Waals surface area contributed by atoms with Crippen molar-refractivity contribution in [2.45, 2.75) is 84.0 Å². The zero-order valence-corrected chi connectivity index (χ0v) is 23.2. The third-order valence-corrected chi connectivity index (χ3v) is 8.44. The SMILES string of the molecule is CCC(C)C(N)C(=O)N1CC(=O)C2C1CCN2C(=O)C(CC(C)C)NC(=O)c1ccc(N2CCCC2)cc1.